The number of amides is 1. The summed E-state index contributed by atoms with van der Waals surface area (Å²) in [4.78, 5) is 26.1. The van der Waals surface area contributed by atoms with E-state index < -0.39 is 12.0 Å². The summed E-state index contributed by atoms with van der Waals surface area (Å²) >= 11 is 13.6. The van der Waals surface area contributed by atoms with E-state index in [1.807, 2.05) is 6.26 Å². The van der Waals surface area contributed by atoms with Crippen LogP contribution in [0.5, 0.6) is 0 Å². The van der Waals surface area contributed by atoms with Crippen molar-refractivity contribution in [3.05, 3.63) is 27.7 Å². The van der Waals surface area contributed by atoms with Crippen LogP contribution in [0.4, 0.5) is 0 Å². The van der Waals surface area contributed by atoms with E-state index in [2.05, 4.69) is 0 Å². The monoisotopic (exact) mass is 347 g/mol. The van der Waals surface area contributed by atoms with Crippen LogP contribution in [0.1, 0.15) is 29.6 Å². The number of nitrogens with zero attached hydrogens (tertiary/aromatic N) is 1. The topological polar surface area (TPSA) is 57.6 Å². The largest absolute Gasteiger partial charge is 0.480 e. The van der Waals surface area contributed by atoms with Crippen molar-refractivity contribution in [3.63, 3.8) is 0 Å². The van der Waals surface area contributed by atoms with Gasteiger partial charge in [-0.05, 0) is 37.7 Å². The third kappa shape index (κ3) is 3.47. The van der Waals surface area contributed by atoms with Crippen molar-refractivity contribution in [2.24, 2.45) is 0 Å². The van der Waals surface area contributed by atoms with Crippen LogP contribution in [0.25, 0.3) is 0 Å². The zero-order valence-electron chi connectivity index (χ0n) is 11.4. The van der Waals surface area contributed by atoms with Gasteiger partial charge in [-0.25, -0.2) is 4.79 Å². The number of halogens is 2. The second kappa shape index (κ2) is 6.90. The number of carbonyl (C=O) groups excluding carboxylic acids is 1. The minimum Gasteiger partial charge on any atom is -0.480 e. The highest BCUT2D eigenvalue weighted by Crippen LogP contribution is 2.32. The van der Waals surface area contributed by atoms with Crippen LogP contribution in [-0.2, 0) is 4.79 Å². The SMILES string of the molecule is CSc1cc(C(=O)N2CCCC[C@@H]2C(=O)O)c(Cl)cc1Cl. The van der Waals surface area contributed by atoms with Gasteiger partial charge in [0.25, 0.3) is 5.91 Å². The van der Waals surface area contributed by atoms with E-state index in [9.17, 15) is 14.7 Å². The minimum absolute atomic E-state index is 0.248. The molecule has 0 spiro atoms. The van der Waals surface area contributed by atoms with Gasteiger partial charge >= 0.3 is 5.97 Å². The first-order chi connectivity index (χ1) is 9.95. The first-order valence-corrected chi connectivity index (χ1v) is 8.50. The van der Waals surface area contributed by atoms with Crippen LogP contribution in [0.2, 0.25) is 10.0 Å². The summed E-state index contributed by atoms with van der Waals surface area (Å²) in [6.45, 7) is 0.434. The molecule has 1 atom stereocenters. The number of aliphatic carboxylic acids is 1. The number of carboxylic acid groups (broad SMARTS) is 1. The highest BCUT2D eigenvalue weighted by Gasteiger charge is 2.33. The van der Waals surface area contributed by atoms with E-state index in [1.54, 1.807) is 6.07 Å². The highest BCUT2D eigenvalue weighted by atomic mass is 35.5. The van der Waals surface area contributed by atoms with E-state index in [-0.39, 0.29) is 10.9 Å². The summed E-state index contributed by atoms with van der Waals surface area (Å²) in [6, 6.07) is 2.38. The molecule has 1 aliphatic heterocycles. The Hall–Kier alpha value is -0.910. The number of likely N-dealkylation sites (tertiary alicyclic amines) is 1. The Morgan fingerprint density at radius 2 is 2.00 bits per heavy atom. The maximum Gasteiger partial charge on any atom is 0.326 e. The first kappa shape index (κ1) is 16.5. The lowest BCUT2D eigenvalue weighted by atomic mass is 10.0. The van der Waals surface area contributed by atoms with E-state index in [4.69, 9.17) is 23.2 Å². The first-order valence-electron chi connectivity index (χ1n) is 6.52. The van der Waals surface area contributed by atoms with Gasteiger partial charge in [-0.15, -0.1) is 11.8 Å². The maximum absolute atomic E-state index is 12.6. The van der Waals surface area contributed by atoms with Gasteiger partial charge in [0.15, 0.2) is 0 Å². The molecule has 21 heavy (non-hydrogen) atoms. The van der Waals surface area contributed by atoms with Crippen LogP contribution < -0.4 is 0 Å². The molecule has 0 radical (unpaired) electrons. The van der Waals surface area contributed by atoms with E-state index in [0.29, 0.717) is 23.6 Å². The molecule has 1 aromatic carbocycles. The molecule has 114 valence electrons. The van der Waals surface area contributed by atoms with E-state index >= 15 is 0 Å². The van der Waals surface area contributed by atoms with Crippen LogP contribution in [-0.4, -0.2) is 40.7 Å². The fraction of sp³-hybridized carbons (Fsp3) is 0.429. The Bertz CT molecular complexity index is 580. The Morgan fingerprint density at radius 3 is 2.62 bits per heavy atom. The number of carbonyl (C=O) groups is 2. The van der Waals surface area contributed by atoms with Crippen LogP contribution in [0, 0.1) is 0 Å². The molecule has 7 heteroatoms. The Balaban J connectivity index is 2.36. The lowest BCUT2D eigenvalue weighted by Gasteiger charge is -2.33. The van der Waals surface area contributed by atoms with Crippen molar-refractivity contribution >= 4 is 46.8 Å². The zero-order chi connectivity index (χ0) is 15.6. The van der Waals surface area contributed by atoms with Crippen molar-refractivity contribution in [3.8, 4) is 0 Å². The predicted octanol–water partition coefficient (Wildman–Crippen LogP) is 3.79. The molecule has 1 heterocycles. The number of thioether (sulfide) groups is 1. The second-order valence-electron chi connectivity index (χ2n) is 4.81. The molecule has 0 aliphatic carbocycles. The average Bonchev–Trinajstić information content (AvgIpc) is 2.46. The maximum atomic E-state index is 12.6. The second-order valence-corrected chi connectivity index (χ2v) is 6.48. The summed E-state index contributed by atoms with van der Waals surface area (Å²) in [5.41, 5.74) is 0.304. The third-order valence-corrected chi connectivity index (χ3v) is 5.04. The molecule has 0 bridgehead atoms. The Kier molecular flexibility index (Phi) is 5.41. The van der Waals surface area contributed by atoms with Gasteiger partial charge in [0.05, 0.1) is 15.6 Å². The van der Waals surface area contributed by atoms with Crippen LogP contribution in [0.15, 0.2) is 17.0 Å². The van der Waals surface area contributed by atoms with Crippen molar-refractivity contribution in [1.29, 1.82) is 0 Å². The Labute approximate surface area is 137 Å². The average molecular weight is 348 g/mol. The normalized spacial score (nSPS) is 18.6. The molecular formula is C14H15Cl2NO3S. The number of hydrogen-bond acceptors (Lipinski definition) is 3. The fourth-order valence-corrected chi connectivity index (χ4v) is 3.62. The molecule has 1 aromatic rings. The summed E-state index contributed by atoms with van der Waals surface area (Å²) in [7, 11) is 0. The summed E-state index contributed by atoms with van der Waals surface area (Å²) in [5.74, 6) is -1.32. The van der Waals surface area contributed by atoms with Crippen LogP contribution in [0.3, 0.4) is 0 Å². The molecule has 4 nitrogen and oxygen atoms in total. The van der Waals surface area contributed by atoms with Gasteiger partial charge in [-0.3, -0.25) is 4.79 Å². The molecule has 0 unspecified atom stereocenters. The van der Waals surface area contributed by atoms with Gasteiger partial charge < -0.3 is 10.0 Å². The van der Waals surface area contributed by atoms with Crippen LogP contribution >= 0.6 is 35.0 Å². The van der Waals surface area contributed by atoms with E-state index in [1.165, 1.54) is 22.7 Å². The van der Waals surface area contributed by atoms with E-state index in [0.717, 1.165) is 17.7 Å². The summed E-state index contributed by atoms with van der Waals surface area (Å²) < 4.78 is 0. The molecule has 1 saturated heterocycles. The third-order valence-electron chi connectivity index (χ3n) is 3.52. The molecular weight excluding hydrogens is 333 g/mol. The number of carboxylic acids is 1. The number of piperidine rings is 1. The lowest BCUT2D eigenvalue weighted by molar-refractivity contribution is -0.143. The van der Waals surface area contributed by atoms with Gasteiger partial charge in [-0.1, -0.05) is 23.2 Å². The molecule has 1 N–H and O–H groups in total. The summed E-state index contributed by atoms with van der Waals surface area (Å²) in [6.07, 6.45) is 3.94. The Morgan fingerprint density at radius 1 is 1.29 bits per heavy atom. The standard InChI is InChI=1S/C14H15Cl2NO3S/c1-21-12-6-8(9(15)7-10(12)16)13(18)17-5-3-2-4-11(17)14(19)20/h6-7,11H,2-5H2,1H3,(H,19,20)/t11-/m1/s1. The van der Waals surface area contributed by atoms with Gasteiger partial charge in [0.1, 0.15) is 6.04 Å². The van der Waals surface area contributed by atoms with Gasteiger partial charge in [0.2, 0.25) is 0 Å². The fourth-order valence-electron chi connectivity index (χ4n) is 2.44. The molecule has 1 fully saturated rings. The van der Waals surface area contributed by atoms with Crippen molar-refractivity contribution in [2.45, 2.75) is 30.2 Å². The quantitative estimate of drug-likeness (QED) is 0.845. The number of rotatable bonds is 3. The van der Waals surface area contributed by atoms with Gasteiger partial charge in [-0.2, -0.15) is 0 Å². The number of benzene rings is 1. The predicted molar refractivity (Wildman–Crippen MR) is 84.6 cm³/mol. The molecule has 0 aromatic heterocycles. The van der Waals surface area contributed by atoms with Gasteiger partial charge in [0, 0.05) is 11.4 Å². The molecule has 0 saturated carbocycles. The zero-order valence-corrected chi connectivity index (χ0v) is 13.8. The van der Waals surface area contributed by atoms with Crippen molar-refractivity contribution in [1.82, 2.24) is 4.90 Å². The minimum atomic E-state index is -0.974. The number of hydrogen-bond donors (Lipinski definition) is 1. The molecule has 1 amide bonds. The smallest absolute Gasteiger partial charge is 0.326 e. The lowest BCUT2D eigenvalue weighted by Crippen LogP contribution is -2.48. The van der Waals surface area contributed by atoms with Crippen molar-refractivity contribution in [2.75, 3.05) is 12.8 Å². The molecule has 2 rings (SSSR count). The van der Waals surface area contributed by atoms with Crippen molar-refractivity contribution < 1.29 is 14.7 Å². The summed E-state index contributed by atoms with van der Waals surface area (Å²) in [5, 5.41) is 10.00. The molecule has 1 aliphatic rings. The highest BCUT2D eigenvalue weighted by molar-refractivity contribution is 7.98.